The molecular formula is C15H19F2N3O3S. The van der Waals surface area contributed by atoms with Gasteiger partial charge >= 0.3 is 6.55 Å². The number of nitrogens with zero attached hydrogens (tertiary/aromatic N) is 2. The van der Waals surface area contributed by atoms with E-state index >= 15 is 0 Å². The number of aromatic nitrogens is 2. The lowest BCUT2D eigenvalue weighted by molar-refractivity contribution is 0.0541. The average molecular weight is 359 g/mol. The zero-order valence-electron chi connectivity index (χ0n) is 13.5. The van der Waals surface area contributed by atoms with Crippen molar-refractivity contribution in [3.8, 4) is 5.75 Å². The zero-order valence-corrected chi connectivity index (χ0v) is 14.3. The number of ether oxygens (including phenoxy) is 1. The van der Waals surface area contributed by atoms with Crippen molar-refractivity contribution in [2.45, 2.75) is 37.8 Å². The van der Waals surface area contributed by atoms with E-state index in [-0.39, 0.29) is 10.6 Å². The molecule has 0 unspecified atom stereocenters. The molecule has 0 saturated carbocycles. The first-order chi connectivity index (χ1) is 11.3. The zero-order chi connectivity index (χ0) is 17.9. The summed E-state index contributed by atoms with van der Waals surface area (Å²) in [6.45, 7) is 0.229. The van der Waals surface area contributed by atoms with E-state index in [1.807, 2.05) is 6.92 Å². The highest BCUT2D eigenvalue weighted by molar-refractivity contribution is 7.89. The fourth-order valence-electron chi connectivity index (χ4n) is 2.34. The van der Waals surface area contributed by atoms with Crippen LogP contribution in [0.2, 0.25) is 0 Å². The van der Waals surface area contributed by atoms with Crippen LogP contribution in [0.15, 0.2) is 35.4 Å². The van der Waals surface area contributed by atoms with Crippen molar-refractivity contribution in [1.82, 2.24) is 14.5 Å². The molecule has 0 radical (unpaired) electrons. The van der Waals surface area contributed by atoms with Gasteiger partial charge in [0.15, 0.2) is 0 Å². The molecule has 0 spiro atoms. The van der Waals surface area contributed by atoms with Gasteiger partial charge < -0.3 is 4.74 Å². The van der Waals surface area contributed by atoms with E-state index in [0.717, 1.165) is 11.8 Å². The van der Waals surface area contributed by atoms with Crippen molar-refractivity contribution in [3.63, 3.8) is 0 Å². The summed E-state index contributed by atoms with van der Waals surface area (Å²) in [6.07, 6.45) is 1.43. The maximum absolute atomic E-state index is 12.8. The van der Waals surface area contributed by atoms with Crippen molar-refractivity contribution in [2.24, 2.45) is 0 Å². The summed E-state index contributed by atoms with van der Waals surface area (Å²) >= 11 is 0. The smallest absolute Gasteiger partial charge is 0.333 e. The van der Waals surface area contributed by atoms with Gasteiger partial charge in [-0.15, -0.1) is 0 Å². The highest BCUT2D eigenvalue weighted by atomic mass is 32.2. The first-order valence-corrected chi connectivity index (χ1v) is 8.77. The summed E-state index contributed by atoms with van der Waals surface area (Å²) in [5.41, 5.74) is 0.642. The lowest BCUT2D eigenvalue weighted by Crippen LogP contribution is -2.28. The Morgan fingerprint density at radius 1 is 1.29 bits per heavy atom. The standard InChI is InChI=1S/C15H19F2N3O3S/c1-4-13(11-5-7-12(23-3)8-6-11)19-24(21,22)14-9-18-20(10(14)2)15(16)17/h5-9,13,15,19H,4H2,1-3H3/t13-/m0/s1. The van der Waals surface area contributed by atoms with E-state index in [9.17, 15) is 17.2 Å². The first-order valence-electron chi connectivity index (χ1n) is 7.28. The molecular weight excluding hydrogens is 340 g/mol. The maximum Gasteiger partial charge on any atom is 0.333 e. The van der Waals surface area contributed by atoms with Gasteiger partial charge in [0.2, 0.25) is 10.0 Å². The number of hydrogen-bond acceptors (Lipinski definition) is 4. The van der Waals surface area contributed by atoms with Gasteiger partial charge in [0.25, 0.3) is 0 Å². The topological polar surface area (TPSA) is 73.2 Å². The van der Waals surface area contributed by atoms with Crippen LogP contribution < -0.4 is 9.46 Å². The molecule has 24 heavy (non-hydrogen) atoms. The van der Waals surface area contributed by atoms with Gasteiger partial charge in [0.05, 0.1) is 19.0 Å². The highest BCUT2D eigenvalue weighted by Crippen LogP contribution is 2.25. The van der Waals surface area contributed by atoms with Crippen molar-refractivity contribution in [2.75, 3.05) is 7.11 Å². The monoisotopic (exact) mass is 359 g/mol. The van der Waals surface area contributed by atoms with Crippen LogP contribution >= 0.6 is 0 Å². The van der Waals surface area contributed by atoms with Crippen LogP contribution in [0.1, 0.15) is 37.2 Å². The minimum Gasteiger partial charge on any atom is -0.497 e. The predicted octanol–water partition coefficient (Wildman–Crippen LogP) is 3.02. The number of hydrogen-bond donors (Lipinski definition) is 1. The second kappa shape index (κ2) is 7.27. The van der Waals surface area contributed by atoms with Crippen LogP contribution in [0.3, 0.4) is 0 Å². The number of benzene rings is 1. The molecule has 0 aliphatic heterocycles. The van der Waals surface area contributed by atoms with Crippen LogP contribution in [-0.2, 0) is 10.0 Å². The number of halogens is 2. The van der Waals surface area contributed by atoms with Gasteiger partial charge in [-0.25, -0.2) is 17.8 Å². The number of nitrogens with one attached hydrogen (secondary N) is 1. The average Bonchev–Trinajstić information content (AvgIpc) is 2.95. The Morgan fingerprint density at radius 2 is 1.92 bits per heavy atom. The third-order valence-electron chi connectivity index (χ3n) is 3.70. The molecule has 2 rings (SSSR count). The van der Waals surface area contributed by atoms with E-state index in [1.165, 1.54) is 6.92 Å². The molecule has 1 N–H and O–H groups in total. The minimum absolute atomic E-state index is 0.109. The van der Waals surface area contributed by atoms with Gasteiger partial charge in [0.1, 0.15) is 10.6 Å². The molecule has 0 fully saturated rings. The summed E-state index contributed by atoms with van der Waals surface area (Å²) in [6, 6.07) is 6.48. The van der Waals surface area contributed by atoms with Gasteiger partial charge in [-0.2, -0.15) is 13.9 Å². The van der Waals surface area contributed by atoms with Crippen LogP contribution in [0.5, 0.6) is 5.75 Å². The lowest BCUT2D eigenvalue weighted by Gasteiger charge is -2.18. The summed E-state index contributed by atoms with van der Waals surface area (Å²) in [4.78, 5) is -0.255. The number of rotatable bonds is 7. The Bertz CT molecular complexity index is 789. The summed E-state index contributed by atoms with van der Waals surface area (Å²) in [7, 11) is -2.44. The Kier molecular flexibility index (Phi) is 5.55. The van der Waals surface area contributed by atoms with Crippen LogP contribution in [0.25, 0.3) is 0 Å². The van der Waals surface area contributed by atoms with E-state index in [1.54, 1.807) is 31.4 Å². The molecule has 0 bridgehead atoms. The molecule has 1 aromatic heterocycles. The summed E-state index contributed by atoms with van der Waals surface area (Å²) in [5.74, 6) is 0.658. The van der Waals surface area contributed by atoms with Crippen molar-refractivity contribution >= 4 is 10.0 Å². The SMILES string of the molecule is CC[C@H](NS(=O)(=O)c1cnn(C(F)F)c1C)c1ccc(OC)cc1. The van der Waals surface area contributed by atoms with Gasteiger partial charge in [-0.3, -0.25) is 0 Å². The Labute approximate surface area is 139 Å². The molecule has 1 heterocycles. The fraction of sp³-hybridized carbons (Fsp3) is 0.400. The van der Waals surface area contributed by atoms with Crippen LogP contribution in [0, 0.1) is 6.92 Å². The number of methoxy groups -OCH3 is 1. The second-order valence-corrected chi connectivity index (χ2v) is 6.85. The molecule has 0 amide bonds. The Hall–Kier alpha value is -2.00. The first kappa shape index (κ1) is 18.3. The van der Waals surface area contributed by atoms with Crippen molar-refractivity contribution < 1.29 is 21.9 Å². The fourth-order valence-corrected chi connectivity index (χ4v) is 3.81. The molecule has 132 valence electrons. The molecule has 9 heteroatoms. The Balaban J connectivity index is 2.28. The molecule has 0 aliphatic carbocycles. The maximum atomic E-state index is 12.8. The largest absolute Gasteiger partial charge is 0.497 e. The normalized spacial score (nSPS) is 13.2. The summed E-state index contributed by atoms with van der Waals surface area (Å²) < 4.78 is 58.6. The van der Waals surface area contributed by atoms with Gasteiger partial charge in [0, 0.05) is 6.04 Å². The molecule has 6 nitrogen and oxygen atoms in total. The molecule has 1 aromatic carbocycles. The van der Waals surface area contributed by atoms with Gasteiger partial charge in [-0.1, -0.05) is 19.1 Å². The van der Waals surface area contributed by atoms with Crippen LogP contribution in [-0.4, -0.2) is 25.3 Å². The van der Waals surface area contributed by atoms with Gasteiger partial charge in [-0.05, 0) is 31.0 Å². The molecule has 1 atom stereocenters. The van der Waals surface area contributed by atoms with Crippen molar-refractivity contribution in [1.29, 1.82) is 0 Å². The van der Waals surface area contributed by atoms with E-state index in [4.69, 9.17) is 4.74 Å². The second-order valence-electron chi connectivity index (χ2n) is 5.17. The third kappa shape index (κ3) is 3.73. The van der Waals surface area contributed by atoms with E-state index in [0.29, 0.717) is 16.9 Å². The predicted molar refractivity (Wildman–Crippen MR) is 84.6 cm³/mol. The number of sulfonamides is 1. The number of alkyl halides is 2. The third-order valence-corrected chi connectivity index (χ3v) is 5.27. The van der Waals surface area contributed by atoms with E-state index in [2.05, 4.69) is 9.82 Å². The van der Waals surface area contributed by atoms with E-state index < -0.39 is 22.6 Å². The lowest BCUT2D eigenvalue weighted by atomic mass is 10.1. The molecule has 0 aliphatic rings. The Morgan fingerprint density at radius 3 is 2.38 bits per heavy atom. The van der Waals surface area contributed by atoms with Crippen LogP contribution in [0.4, 0.5) is 8.78 Å². The molecule has 2 aromatic rings. The molecule has 0 saturated heterocycles. The minimum atomic E-state index is -3.98. The summed E-state index contributed by atoms with van der Waals surface area (Å²) in [5, 5.41) is 3.44. The van der Waals surface area contributed by atoms with Crippen molar-refractivity contribution in [3.05, 3.63) is 41.7 Å². The highest BCUT2D eigenvalue weighted by Gasteiger charge is 2.26. The quantitative estimate of drug-likeness (QED) is 0.825.